The molecule has 350 valence electrons. The minimum Gasteiger partial charge on any atom is -0.511 e. The number of hydrogen-bond acceptors (Lipinski definition) is 9. The fourth-order valence-corrected chi connectivity index (χ4v) is 10.4. The van der Waals surface area contributed by atoms with E-state index in [0.29, 0.717) is 23.4 Å². The van der Waals surface area contributed by atoms with Crippen molar-refractivity contribution in [1.82, 2.24) is 5.32 Å². The molecule has 1 aliphatic carbocycles. The summed E-state index contributed by atoms with van der Waals surface area (Å²) in [6.07, 6.45) is 22.8. The summed E-state index contributed by atoms with van der Waals surface area (Å²) < 4.78 is 11.0. The molecule has 2 N–H and O–H groups in total. The van der Waals surface area contributed by atoms with E-state index in [1.165, 1.54) is 57.6 Å². The Bertz CT molecular complexity index is 2310. The molecule has 0 radical (unpaired) electrons. The third-order valence-electron chi connectivity index (χ3n) is 14.6. The number of rotatable bonds is 21. The van der Waals surface area contributed by atoms with Gasteiger partial charge in [0.25, 0.3) is 0 Å². The molecular formula is C56H76N4O5. The Balaban J connectivity index is 1.20. The molecule has 5 heterocycles. The van der Waals surface area contributed by atoms with Gasteiger partial charge in [0.2, 0.25) is 0 Å². The zero-order valence-corrected chi connectivity index (χ0v) is 41.4. The molecule has 1 fully saturated rings. The van der Waals surface area contributed by atoms with Crippen LogP contribution >= 0.6 is 0 Å². The van der Waals surface area contributed by atoms with Gasteiger partial charge in [-0.25, -0.2) is 15.0 Å². The van der Waals surface area contributed by atoms with E-state index in [1.54, 1.807) is 0 Å². The number of hydrogen-bond donors (Lipinski definition) is 2. The van der Waals surface area contributed by atoms with Crippen molar-refractivity contribution in [3.63, 3.8) is 0 Å². The molecule has 9 heteroatoms. The van der Waals surface area contributed by atoms with Gasteiger partial charge in [-0.15, -0.1) is 0 Å². The van der Waals surface area contributed by atoms with Gasteiger partial charge in [0, 0.05) is 46.4 Å². The molecule has 0 aromatic rings. The number of carbonyl (C=O) groups excluding carboxylic acids is 2. The summed E-state index contributed by atoms with van der Waals surface area (Å²) >= 11 is 0. The zero-order chi connectivity index (χ0) is 47.1. The van der Waals surface area contributed by atoms with E-state index in [9.17, 15) is 14.7 Å². The Hall–Kier alpha value is -5.05. The first kappa shape index (κ1) is 49.4. The van der Waals surface area contributed by atoms with E-state index < -0.39 is 11.9 Å². The van der Waals surface area contributed by atoms with Crippen molar-refractivity contribution in [2.45, 2.75) is 153 Å². The van der Waals surface area contributed by atoms with E-state index in [0.717, 1.165) is 105 Å². The van der Waals surface area contributed by atoms with Crippen LogP contribution in [0.2, 0.25) is 0 Å². The zero-order valence-electron chi connectivity index (χ0n) is 41.4. The smallest absolute Gasteiger partial charge is 0.306 e. The van der Waals surface area contributed by atoms with Gasteiger partial charge in [0.1, 0.15) is 12.4 Å². The molecule has 1 saturated heterocycles. The number of nitrogens with one attached hydrogen (secondary N) is 1. The second kappa shape index (κ2) is 22.0. The Morgan fingerprint density at radius 2 is 1.52 bits per heavy atom. The summed E-state index contributed by atoms with van der Waals surface area (Å²) in [6.45, 7) is 26.4. The minimum absolute atomic E-state index is 0.0548. The van der Waals surface area contributed by atoms with Crippen LogP contribution in [-0.2, 0) is 19.1 Å². The van der Waals surface area contributed by atoms with Crippen LogP contribution in [0.3, 0.4) is 0 Å². The molecular weight excluding hydrogens is 809 g/mol. The molecule has 0 spiro atoms. The maximum absolute atomic E-state index is 13.5. The van der Waals surface area contributed by atoms with Gasteiger partial charge < -0.3 is 19.9 Å². The number of aliphatic hydroxyl groups is 1. The van der Waals surface area contributed by atoms with Gasteiger partial charge in [-0.2, -0.15) is 0 Å². The molecule has 0 aromatic carbocycles. The first-order valence-corrected chi connectivity index (χ1v) is 24.6. The summed E-state index contributed by atoms with van der Waals surface area (Å²) in [5.74, 6) is 0.831. The lowest BCUT2D eigenvalue weighted by atomic mass is 9.84. The first-order chi connectivity index (χ1) is 31.1. The van der Waals surface area contributed by atoms with Crippen molar-refractivity contribution < 1.29 is 24.2 Å². The third-order valence-corrected chi connectivity index (χ3v) is 14.6. The molecule has 9 nitrogen and oxygen atoms in total. The molecule has 5 aliphatic heterocycles. The van der Waals surface area contributed by atoms with E-state index in [2.05, 4.69) is 86.4 Å². The lowest BCUT2D eigenvalue weighted by Gasteiger charge is -2.21. The number of aliphatic imine (C=N–C) groups is 3. The third kappa shape index (κ3) is 11.3. The molecule has 8 bridgehead atoms. The van der Waals surface area contributed by atoms with Gasteiger partial charge in [-0.1, -0.05) is 105 Å². The molecule has 6 aliphatic rings. The predicted octanol–water partition coefficient (Wildman–Crippen LogP) is 13.3. The number of nitrogens with zero attached hydrogens (tertiary/aromatic N) is 3. The van der Waals surface area contributed by atoms with Crippen LogP contribution in [0.15, 0.2) is 131 Å². The summed E-state index contributed by atoms with van der Waals surface area (Å²) in [7, 11) is 1.36. The number of methoxy groups -OCH3 is 1. The molecule has 0 saturated carbocycles. The number of carbonyl (C=O) groups is 2. The number of allylic oxidation sites excluding steroid dienone is 13. The van der Waals surface area contributed by atoms with Crippen LogP contribution in [0.5, 0.6) is 0 Å². The van der Waals surface area contributed by atoms with Crippen LogP contribution < -0.4 is 5.32 Å². The predicted molar refractivity (Wildman–Crippen MR) is 266 cm³/mol. The average Bonchev–Trinajstić information content (AvgIpc) is 4.00. The monoisotopic (exact) mass is 885 g/mol. The van der Waals surface area contributed by atoms with Crippen molar-refractivity contribution in [3.05, 3.63) is 116 Å². The largest absolute Gasteiger partial charge is 0.511 e. The van der Waals surface area contributed by atoms with Gasteiger partial charge >= 0.3 is 11.9 Å². The van der Waals surface area contributed by atoms with Crippen LogP contribution in [0, 0.1) is 35.5 Å². The summed E-state index contributed by atoms with van der Waals surface area (Å²) in [4.78, 5) is 41.9. The van der Waals surface area contributed by atoms with Crippen molar-refractivity contribution in [1.29, 1.82) is 0 Å². The Morgan fingerprint density at radius 1 is 0.862 bits per heavy atom. The lowest BCUT2D eigenvalue weighted by Crippen LogP contribution is -2.21. The second-order valence-corrected chi connectivity index (χ2v) is 19.9. The van der Waals surface area contributed by atoms with Gasteiger partial charge in [0.05, 0.1) is 53.7 Å². The molecule has 0 unspecified atom stereocenters. The number of aliphatic hydroxyl groups excluding tert-OH is 1. The van der Waals surface area contributed by atoms with Gasteiger partial charge in [-0.3, -0.25) is 9.59 Å². The van der Waals surface area contributed by atoms with Crippen LogP contribution in [0.4, 0.5) is 0 Å². The standard InChI is InChI=1S/C56H76N4O5/c1-13-40-36(8)44-29-46-38(10)42(24-25-50(61)65-27-26-35(7)23-17-22-34(6)21-16-20-33(5)19-15-18-32(3)4)54(59-46)53-43(28-51(62)64-12)56(63)52-39(11)47(60-55(52)53)31-49-41(14-2)37(9)45(58-49)30-48(40)57-44/h13,26,29-34,38,42-43,59,63H,1,14-25,27-28H2,2-12H3/b35-26+,46-29?,48-30?,49-31?,54-53?/t33-,34-,38+,42+,43-/m1/s1. The average molecular weight is 885 g/mol. The van der Waals surface area contributed by atoms with E-state index >= 15 is 0 Å². The highest BCUT2D eigenvalue weighted by Gasteiger charge is 2.46. The fourth-order valence-electron chi connectivity index (χ4n) is 10.4. The second-order valence-electron chi connectivity index (χ2n) is 19.9. The van der Waals surface area contributed by atoms with Crippen molar-refractivity contribution >= 4 is 29.1 Å². The molecule has 0 amide bonds. The molecule has 5 atom stereocenters. The number of ether oxygens (including phenoxy) is 2. The number of fused-ring (bicyclic) bond motifs is 5. The lowest BCUT2D eigenvalue weighted by molar-refractivity contribution is -0.143. The fraction of sp³-hybridized carbons (Fsp3) is 0.554. The quantitative estimate of drug-likeness (QED) is 0.0874. The summed E-state index contributed by atoms with van der Waals surface area (Å²) in [5.41, 5.74) is 14.0. The molecule has 65 heavy (non-hydrogen) atoms. The highest BCUT2D eigenvalue weighted by atomic mass is 16.5. The van der Waals surface area contributed by atoms with Crippen LogP contribution in [-0.4, -0.2) is 47.9 Å². The molecule has 0 aromatic heterocycles. The first-order valence-electron chi connectivity index (χ1n) is 24.6. The topological polar surface area (TPSA) is 122 Å². The van der Waals surface area contributed by atoms with Gasteiger partial charge in [-0.05, 0) is 118 Å². The minimum atomic E-state index is -0.677. The van der Waals surface area contributed by atoms with E-state index in [1.807, 2.05) is 25.2 Å². The Kier molecular flexibility index (Phi) is 16.7. The summed E-state index contributed by atoms with van der Waals surface area (Å²) in [6, 6.07) is 0. The van der Waals surface area contributed by atoms with Gasteiger partial charge in [0.15, 0.2) is 0 Å². The summed E-state index contributed by atoms with van der Waals surface area (Å²) in [5, 5.41) is 15.8. The highest BCUT2D eigenvalue weighted by molar-refractivity contribution is 6.22. The normalized spacial score (nSPS) is 22.6. The van der Waals surface area contributed by atoms with Crippen LogP contribution in [0.1, 0.15) is 153 Å². The van der Waals surface area contributed by atoms with Crippen molar-refractivity contribution in [2.75, 3.05) is 13.7 Å². The Labute approximate surface area is 389 Å². The van der Waals surface area contributed by atoms with Crippen molar-refractivity contribution in [2.24, 2.45) is 50.5 Å². The van der Waals surface area contributed by atoms with E-state index in [-0.39, 0.29) is 43.0 Å². The highest BCUT2D eigenvalue weighted by Crippen LogP contribution is 2.50. The van der Waals surface area contributed by atoms with Crippen molar-refractivity contribution in [3.8, 4) is 0 Å². The molecule has 6 rings (SSSR count). The maximum atomic E-state index is 13.5. The number of esters is 2. The Morgan fingerprint density at radius 3 is 2.18 bits per heavy atom. The van der Waals surface area contributed by atoms with E-state index in [4.69, 9.17) is 24.5 Å². The SMILES string of the molecule is C=CC1=C(C)C2=NC1=CC1=NC(=CC3=C(C)C4=C(O)[C@H](CC(=O)OC)C(=C5NC(=C2)[C@@H](C)[C@@H]5CCC(=O)OC/C=C(\C)CCC[C@H](C)CCC[C@H](C)CCCC(C)C)C4=N3)C(CC)=C1C. The van der Waals surface area contributed by atoms with Crippen LogP contribution in [0.25, 0.3) is 0 Å². The maximum Gasteiger partial charge on any atom is 0.306 e.